The van der Waals surface area contributed by atoms with E-state index >= 15 is 0 Å². The number of benzene rings is 3. The van der Waals surface area contributed by atoms with Crippen LogP contribution in [0.25, 0.3) is 33.5 Å². The second-order valence-corrected chi connectivity index (χ2v) is 10.1. The van der Waals surface area contributed by atoms with Crippen molar-refractivity contribution in [2.24, 2.45) is 5.92 Å². The number of hydrogen-bond acceptors (Lipinski definition) is 2. The first-order valence-corrected chi connectivity index (χ1v) is 13.0. The van der Waals surface area contributed by atoms with Gasteiger partial charge in [0, 0.05) is 11.6 Å². The van der Waals surface area contributed by atoms with E-state index in [1.807, 2.05) is 4.57 Å². The molecule has 0 atom stereocenters. The molecule has 0 saturated heterocycles. The maximum atomic E-state index is 14.2. The number of aromatic nitrogens is 3. The van der Waals surface area contributed by atoms with E-state index in [4.69, 9.17) is 4.74 Å². The van der Waals surface area contributed by atoms with E-state index in [2.05, 4.69) is 9.97 Å². The van der Waals surface area contributed by atoms with Crippen LogP contribution in [0.1, 0.15) is 30.4 Å². The Morgan fingerprint density at radius 2 is 1.75 bits per heavy atom. The molecule has 1 aliphatic rings. The Labute approximate surface area is 227 Å². The first-order valence-electron chi connectivity index (χ1n) is 13.0. The van der Waals surface area contributed by atoms with Gasteiger partial charge in [-0.1, -0.05) is 42.8 Å². The third-order valence-corrected chi connectivity index (χ3v) is 7.32. The van der Waals surface area contributed by atoms with Crippen LogP contribution in [0.4, 0.5) is 22.0 Å². The molecule has 0 aliphatic heterocycles. The average Bonchev–Trinajstić information content (AvgIpc) is 3.32. The molecule has 2 heterocycles. The third kappa shape index (κ3) is 5.28. The fourth-order valence-electron chi connectivity index (χ4n) is 4.89. The molecular formula is C31H25F5N3O+. The number of nitrogens with one attached hydrogen (secondary N) is 1. The number of imidazole rings is 1. The minimum Gasteiger partial charge on any atom is -0.493 e. The molecule has 3 aromatic carbocycles. The molecule has 0 bridgehead atoms. The Bertz CT molecular complexity index is 1670. The fourth-order valence-corrected chi connectivity index (χ4v) is 4.89. The molecule has 40 heavy (non-hydrogen) atoms. The van der Waals surface area contributed by atoms with Crippen molar-refractivity contribution in [1.82, 2.24) is 9.97 Å². The largest absolute Gasteiger partial charge is 0.493 e. The highest BCUT2D eigenvalue weighted by Gasteiger charge is 2.34. The van der Waals surface area contributed by atoms with Gasteiger partial charge in [-0.3, -0.25) is 0 Å². The van der Waals surface area contributed by atoms with Gasteiger partial charge in [-0.15, -0.1) is 0 Å². The molecule has 0 unspecified atom stereocenters. The van der Waals surface area contributed by atoms with Gasteiger partial charge in [-0.05, 0) is 54.2 Å². The van der Waals surface area contributed by atoms with E-state index < -0.39 is 23.4 Å². The number of pyridine rings is 1. The summed E-state index contributed by atoms with van der Waals surface area (Å²) in [5, 5.41) is 0. The Morgan fingerprint density at radius 3 is 2.48 bits per heavy atom. The highest BCUT2D eigenvalue weighted by molar-refractivity contribution is 5.77. The number of hydrogen-bond donors (Lipinski definition) is 1. The van der Waals surface area contributed by atoms with Crippen LogP contribution in [0.3, 0.4) is 0 Å². The smallest absolute Gasteiger partial charge is 0.417 e. The summed E-state index contributed by atoms with van der Waals surface area (Å²) in [5.74, 6) is -1.06. The zero-order chi connectivity index (χ0) is 27.9. The van der Waals surface area contributed by atoms with E-state index in [0.29, 0.717) is 35.7 Å². The maximum Gasteiger partial charge on any atom is 0.417 e. The number of H-pyrrole nitrogens is 1. The normalized spacial score (nSPS) is 13.9. The summed E-state index contributed by atoms with van der Waals surface area (Å²) in [4.78, 5) is 7.39. The van der Waals surface area contributed by atoms with Crippen molar-refractivity contribution in [3.63, 3.8) is 0 Å². The number of aromatic amines is 1. The van der Waals surface area contributed by atoms with Crippen LogP contribution in [0.2, 0.25) is 0 Å². The molecule has 1 fully saturated rings. The van der Waals surface area contributed by atoms with Gasteiger partial charge in [0.2, 0.25) is 0 Å². The van der Waals surface area contributed by atoms with Crippen molar-refractivity contribution in [1.29, 1.82) is 0 Å². The van der Waals surface area contributed by atoms with Crippen LogP contribution in [0.15, 0.2) is 79.1 Å². The van der Waals surface area contributed by atoms with Gasteiger partial charge in [0.25, 0.3) is 0 Å². The molecule has 1 N–H and O–H groups in total. The van der Waals surface area contributed by atoms with Gasteiger partial charge in [0.15, 0.2) is 30.6 Å². The number of halogens is 5. The summed E-state index contributed by atoms with van der Waals surface area (Å²) in [7, 11) is 0. The second-order valence-electron chi connectivity index (χ2n) is 10.1. The molecule has 5 aromatic rings. The zero-order valence-electron chi connectivity index (χ0n) is 21.3. The molecule has 0 radical (unpaired) electrons. The Balaban J connectivity index is 1.21. The molecule has 9 heteroatoms. The minimum atomic E-state index is -4.52. The summed E-state index contributed by atoms with van der Waals surface area (Å²) in [6.45, 7) is 0.884. The molecule has 6 rings (SSSR count). The van der Waals surface area contributed by atoms with Crippen molar-refractivity contribution in [2.45, 2.75) is 32.0 Å². The Morgan fingerprint density at radius 1 is 0.950 bits per heavy atom. The topological polar surface area (TPSA) is 41.8 Å². The van der Waals surface area contributed by atoms with Gasteiger partial charge < -0.3 is 9.72 Å². The minimum absolute atomic E-state index is 0.0366. The highest BCUT2D eigenvalue weighted by atomic mass is 19.4. The molecule has 1 aliphatic carbocycles. The average molecular weight is 551 g/mol. The first-order chi connectivity index (χ1) is 19.2. The van der Waals surface area contributed by atoms with E-state index in [0.717, 1.165) is 37.0 Å². The van der Waals surface area contributed by atoms with Crippen molar-refractivity contribution in [3.8, 4) is 28.3 Å². The van der Waals surface area contributed by atoms with Crippen molar-refractivity contribution in [2.75, 3.05) is 6.61 Å². The number of fused-ring (bicyclic) bond motifs is 1. The molecule has 1 saturated carbocycles. The summed E-state index contributed by atoms with van der Waals surface area (Å²) < 4.78 is 77.2. The second kappa shape index (κ2) is 10.4. The lowest BCUT2D eigenvalue weighted by molar-refractivity contribution is -0.687. The van der Waals surface area contributed by atoms with Crippen molar-refractivity contribution in [3.05, 3.63) is 102 Å². The zero-order valence-corrected chi connectivity index (χ0v) is 21.3. The predicted molar refractivity (Wildman–Crippen MR) is 140 cm³/mol. The van der Waals surface area contributed by atoms with Crippen LogP contribution in [0.5, 0.6) is 5.75 Å². The molecule has 2 aromatic heterocycles. The fraction of sp³-hybridized carbons (Fsp3) is 0.226. The van der Waals surface area contributed by atoms with Gasteiger partial charge in [-0.25, -0.2) is 13.8 Å². The monoisotopic (exact) mass is 550 g/mol. The van der Waals surface area contributed by atoms with Gasteiger partial charge >= 0.3 is 6.18 Å². The Kier molecular flexibility index (Phi) is 6.73. The summed E-state index contributed by atoms with van der Waals surface area (Å²) in [6, 6.07) is 16.7. The predicted octanol–water partition coefficient (Wildman–Crippen LogP) is 7.71. The van der Waals surface area contributed by atoms with Gasteiger partial charge in [-0.2, -0.15) is 17.7 Å². The molecule has 0 amide bonds. The van der Waals surface area contributed by atoms with Crippen LogP contribution >= 0.6 is 0 Å². The van der Waals surface area contributed by atoms with Crippen molar-refractivity contribution >= 4 is 11.0 Å². The highest BCUT2D eigenvalue weighted by Crippen LogP contribution is 2.39. The first kappa shape index (κ1) is 26.0. The number of alkyl halides is 3. The molecule has 204 valence electrons. The van der Waals surface area contributed by atoms with E-state index in [9.17, 15) is 22.0 Å². The van der Waals surface area contributed by atoms with Crippen LogP contribution < -0.4 is 9.30 Å². The van der Waals surface area contributed by atoms with Crippen LogP contribution in [-0.4, -0.2) is 16.6 Å². The van der Waals surface area contributed by atoms with Gasteiger partial charge in [0.1, 0.15) is 22.6 Å². The SMILES string of the molecule is Fc1cccc(-c2nc3cc[n+](Cc4ccc(-c5ccc(OCC6CCC6)cc5C(F)(F)F)cc4)cc3[nH]2)c1F. The lowest BCUT2D eigenvalue weighted by atomic mass is 9.86. The third-order valence-electron chi connectivity index (χ3n) is 7.32. The summed E-state index contributed by atoms with van der Waals surface area (Å²) >= 11 is 0. The van der Waals surface area contributed by atoms with Crippen LogP contribution in [-0.2, 0) is 12.7 Å². The van der Waals surface area contributed by atoms with E-state index in [1.54, 1.807) is 48.8 Å². The standard InChI is InChI=1S/C31H24F5N3O/c32-26-6-2-5-24(29(26)33)30-37-27-13-14-39(17-28(27)38-30)16-19-7-9-21(10-8-19)23-12-11-22(15-25(23)31(34,35)36)40-18-20-3-1-4-20/h2,5-15,17,20H,1,3-4,16,18H2/p+1. The van der Waals surface area contributed by atoms with Crippen LogP contribution in [0, 0.1) is 17.6 Å². The quantitative estimate of drug-likeness (QED) is 0.167. The number of ether oxygens (including phenoxy) is 1. The molecule has 4 nitrogen and oxygen atoms in total. The summed E-state index contributed by atoms with van der Waals surface area (Å²) in [6.07, 6.45) is 2.33. The molecular weight excluding hydrogens is 525 g/mol. The molecule has 0 spiro atoms. The number of nitrogens with zero attached hydrogens (tertiary/aromatic N) is 2. The maximum absolute atomic E-state index is 14.2. The van der Waals surface area contributed by atoms with Gasteiger partial charge in [0.05, 0.1) is 17.7 Å². The van der Waals surface area contributed by atoms with E-state index in [-0.39, 0.29) is 22.7 Å². The number of rotatable bonds is 7. The summed E-state index contributed by atoms with van der Waals surface area (Å²) in [5.41, 5.74) is 1.96. The lowest BCUT2D eigenvalue weighted by Gasteiger charge is -2.25. The van der Waals surface area contributed by atoms with Crippen molar-refractivity contribution < 1.29 is 31.3 Å². The lowest BCUT2D eigenvalue weighted by Crippen LogP contribution is -2.33. The Hall–Kier alpha value is -4.27. The van der Waals surface area contributed by atoms with E-state index in [1.165, 1.54) is 18.2 Å².